The van der Waals surface area contributed by atoms with Crippen molar-refractivity contribution in [2.75, 3.05) is 0 Å². The topological polar surface area (TPSA) is 0 Å². The summed E-state index contributed by atoms with van der Waals surface area (Å²) >= 11 is 0. The third-order valence-corrected chi connectivity index (χ3v) is 7.40. The summed E-state index contributed by atoms with van der Waals surface area (Å²) in [6.07, 6.45) is 13.7. The molecular formula is C31H37F. The van der Waals surface area contributed by atoms with Crippen LogP contribution in [0.25, 0.3) is 10.8 Å². The second kappa shape index (κ2) is 10.9. The lowest BCUT2D eigenvalue weighted by atomic mass is 9.77. The zero-order valence-corrected chi connectivity index (χ0v) is 19.6. The fourth-order valence-corrected chi connectivity index (χ4v) is 5.39. The van der Waals surface area contributed by atoms with Crippen LogP contribution in [-0.4, -0.2) is 0 Å². The summed E-state index contributed by atoms with van der Waals surface area (Å²) in [4.78, 5) is 0. The number of benzene rings is 3. The Kier molecular flexibility index (Phi) is 7.79. The normalized spacial score (nSPS) is 18.7. The quantitative estimate of drug-likeness (QED) is 0.298. The molecule has 0 spiro atoms. The van der Waals surface area contributed by atoms with Crippen molar-refractivity contribution in [3.05, 3.63) is 95.3 Å². The Morgan fingerprint density at radius 2 is 1.59 bits per heavy atom. The highest BCUT2D eigenvalue weighted by Gasteiger charge is 2.21. The van der Waals surface area contributed by atoms with Crippen LogP contribution in [0, 0.1) is 11.7 Å². The molecule has 0 bridgehead atoms. The van der Waals surface area contributed by atoms with Crippen molar-refractivity contribution in [2.24, 2.45) is 5.92 Å². The highest BCUT2D eigenvalue weighted by atomic mass is 19.1. The molecule has 1 heteroatoms. The fraction of sp³-hybridized carbons (Fsp3) is 0.419. The highest BCUT2D eigenvalue weighted by Crippen LogP contribution is 2.37. The Balaban J connectivity index is 1.34. The highest BCUT2D eigenvalue weighted by molar-refractivity contribution is 5.84. The van der Waals surface area contributed by atoms with Crippen LogP contribution in [0.1, 0.15) is 80.0 Å². The number of fused-ring (bicyclic) bond motifs is 1. The van der Waals surface area contributed by atoms with Crippen LogP contribution in [0.4, 0.5) is 4.39 Å². The SMILES string of the molecule is C=CCCC1CCC(c2ccc(CCc3ccc4c(F)c(CCC)ccc4c3)cc2)CC1. The Morgan fingerprint density at radius 1 is 0.875 bits per heavy atom. The lowest BCUT2D eigenvalue weighted by Crippen LogP contribution is -2.13. The Hall–Kier alpha value is -2.41. The van der Waals surface area contributed by atoms with Gasteiger partial charge in [0.2, 0.25) is 0 Å². The van der Waals surface area contributed by atoms with E-state index in [0.29, 0.717) is 0 Å². The largest absolute Gasteiger partial charge is 0.206 e. The van der Waals surface area contributed by atoms with Gasteiger partial charge in [0.1, 0.15) is 5.82 Å². The summed E-state index contributed by atoms with van der Waals surface area (Å²) in [6, 6.07) is 19.6. The van der Waals surface area contributed by atoms with Gasteiger partial charge in [0.15, 0.2) is 0 Å². The first-order chi connectivity index (χ1) is 15.7. The van der Waals surface area contributed by atoms with E-state index in [1.54, 1.807) is 0 Å². The molecule has 0 amide bonds. The first-order valence-electron chi connectivity index (χ1n) is 12.6. The number of halogens is 1. The molecule has 4 rings (SSSR count). The van der Waals surface area contributed by atoms with Crippen molar-refractivity contribution in [1.29, 1.82) is 0 Å². The van der Waals surface area contributed by atoms with Crippen molar-refractivity contribution in [3.8, 4) is 0 Å². The van der Waals surface area contributed by atoms with Gasteiger partial charge in [0, 0.05) is 5.39 Å². The molecule has 1 aliphatic carbocycles. The van der Waals surface area contributed by atoms with Crippen molar-refractivity contribution in [3.63, 3.8) is 0 Å². The fourth-order valence-electron chi connectivity index (χ4n) is 5.39. The minimum Gasteiger partial charge on any atom is -0.206 e. The number of hydrogen-bond acceptors (Lipinski definition) is 0. The maximum absolute atomic E-state index is 14.7. The van der Waals surface area contributed by atoms with E-state index in [1.807, 2.05) is 12.1 Å². The van der Waals surface area contributed by atoms with Crippen LogP contribution in [0.5, 0.6) is 0 Å². The van der Waals surface area contributed by atoms with Crippen LogP contribution in [0.15, 0.2) is 67.3 Å². The van der Waals surface area contributed by atoms with Gasteiger partial charge in [-0.2, -0.15) is 0 Å². The van der Waals surface area contributed by atoms with Crippen LogP contribution < -0.4 is 0 Å². The van der Waals surface area contributed by atoms with Gasteiger partial charge in [-0.25, -0.2) is 4.39 Å². The van der Waals surface area contributed by atoms with Gasteiger partial charge in [0.05, 0.1) is 0 Å². The van der Waals surface area contributed by atoms with Crippen molar-refractivity contribution in [2.45, 2.75) is 77.0 Å². The second-order valence-corrected chi connectivity index (χ2v) is 9.67. The van der Waals surface area contributed by atoms with Crippen molar-refractivity contribution >= 4 is 10.8 Å². The monoisotopic (exact) mass is 428 g/mol. The van der Waals surface area contributed by atoms with E-state index in [-0.39, 0.29) is 5.82 Å². The minimum atomic E-state index is -0.0405. The lowest BCUT2D eigenvalue weighted by Gasteiger charge is -2.28. The zero-order valence-electron chi connectivity index (χ0n) is 19.6. The number of hydrogen-bond donors (Lipinski definition) is 0. The van der Waals surface area contributed by atoms with Gasteiger partial charge in [0.25, 0.3) is 0 Å². The van der Waals surface area contributed by atoms with E-state index < -0.39 is 0 Å². The number of rotatable bonds is 9. The smallest absolute Gasteiger partial charge is 0.134 e. The summed E-state index contributed by atoms with van der Waals surface area (Å²) in [7, 11) is 0. The molecule has 0 nitrogen and oxygen atoms in total. The van der Waals surface area contributed by atoms with Crippen LogP contribution >= 0.6 is 0 Å². The third-order valence-electron chi connectivity index (χ3n) is 7.40. The molecule has 0 radical (unpaired) electrons. The first-order valence-corrected chi connectivity index (χ1v) is 12.6. The van der Waals surface area contributed by atoms with E-state index in [4.69, 9.17) is 0 Å². The molecule has 168 valence electrons. The van der Waals surface area contributed by atoms with E-state index in [9.17, 15) is 4.39 Å². The average Bonchev–Trinajstić information content (AvgIpc) is 2.84. The summed E-state index contributed by atoms with van der Waals surface area (Å²) in [6.45, 7) is 5.95. The molecule has 0 N–H and O–H groups in total. The van der Waals surface area contributed by atoms with E-state index >= 15 is 0 Å². The molecule has 0 aliphatic heterocycles. The molecular weight excluding hydrogens is 391 g/mol. The molecule has 0 saturated heterocycles. The predicted octanol–water partition coefficient (Wildman–Crippen LogP) is 8.96. The Morgan fingerprint density at radius 3 is 2.31 bits per heavy atom. The van der Waals surface area contributed by atoms with Crippen molar-refractivity contribution < 1.29 is 4.39 Å². The first kappa shape index (κ1) is 22.8. The maximum Gasteiger partial charge on any atom is 0.134 e. The van der Waals surface area contributed by atoms with Gasteiger partial charge in [-0.15, -0.1) is 6.58 Å². The third kappa shape index (κ3) is 5.49. The Labute approximate surface area is 193 Å². The van der Waals surface area contributed by atoms with E-state index in [1.165, 1.54) is 48.8 Å². The molecule has 3 aromatic rings. The molecule has 32 heavy (non-hydrogen) atoms. The van der Waals surface area contributed by atoms with Crippen molar-refractivity contribution in [1.82, 2.24) is 0 Å². The minimum absolute atomic E-state index is 0.0405. The molecule has 0 aromatic heterocycles. The molecule has 0 unspecified atom stereocenters. The average molecular weight is 429 g/mol. The lowest BCUT2D eigenvalue weighted by molar-refractivity contribution is 0.312. The summed E-state index contributed by atoms with van der Waals surface area (Å²) in [5, 5.41) is 1.77. The summed E-state index contributed by atoms with van der Waals surface area (Å²) in [5.74, 6) is 1.59. The number of allylic oxidation sites excluding steroid dienone is 1. The van der Waals surface area contributed by atoms with Crippen LogP contribution in [0.2, 0.25) is 0 Å². The van der Waals surface area contributed by atoms with Gasteiger partial charge in [-0.1, -0.05) is 74.0 Å². The summed E-state index contributed by atoms with van der Waals surface area (Å²) in [5.41, 5.74) is 5.01. The van der Waals surface area contributed by atoms with Gasteiger partial charge < -0.3 is 0 Å². The molecule has 3 aromatic carbocycles. The maximum atomic E-state index is 14.7. The van der Waals surface area contributed by atoms with Gasteiger partial charge in [-0.3, -0.25) is 0 Å². The molecule has 0 atom stereocenters. The van der Waals surface area contributed by atoms with Crippen LogP contribution in [-0.2, 0) is 19.3 Å². The molecule has 0 heterocycles. The van der Waals surface area contributed by atoms with E-state index in [2.05, 4.69) is 62.0 Å². The summed E-state index contributed by atoms with van der Waals surface area (Å²) < 4.78 is 14.7. The molecule has 1 fully saturated rings. The van der Waals surface area contributed by atoms with Gasteiger partial charge >= 0.3 is 0 Å². The molecule has 1 aliphatic rings. The molecule has 1 saturated carbocycles. The standard InChI is InChI=1S/C31H37F/c1-3-5-7-23-10-15-26(16-11-23)27-17-12-24(13-18-27)8-9-25-14-21-30-29(22-25)20-19-28(6-4-2)31(30)32/h3,12-14,17-23,26H,1,4-11,15-16H2,2H3. The second-order valence-electron chi connectivity index (χ2n) is 9.67. The Bertz CT molecular complexity index is 1020. The number of aryl methyl sites for hydroxylation is 3. The van der Waals surface area contributed by atoms with E-state index in [0.717, 1.165) is 60.3 Å². The van der Waals surface area contributed by atoms with Crippen LogP contribution in [0.3, 0.4) is 0 Å². The zero-order chi connectivity index (χ0) is 22.3. The van der Waals surface area contributed by atoms with Gasteiger partial charge in [-0.05, 0) is 97.3 Å². The predicted molar refractivity (Wildman–Crippen MR) is 136 cm³/mol.